The molecule has 0 aromatic carbocycles. The third kappa shape index (κ3) is 6.42. The van der Waals surface area contributed by atoms with Crippen LogP contribution in [0.3, 0.4) is 0 Å². The molecule has 5 aliphatic carbocycles. The predicted octanol–water partition coefficient (Wildman–Crippen LogP) is 7.60. The van der Waals surface area contributed by atoms with E-state index >= 15 is 0 Å². The number of carbonyl (C=O) groups is 3. The van der Waals surface area contributed by atoms with Gasteiger partial charge >= 0.3 is 11.9 Å². The van der Waals surface area contributed by atoms with Gasteiger partial charge in [0.15, 0.2) is 0 Å². The summed E-state index contributed by atoms with van der Waals surface area (Å²) in [5.74, 6) is 0.660. The van der Waals surface area contributed by atoms with Crippen LogP contribution in [0.25, 0.3) is 0 Å². The number of allylic oxidation sites excluding steroid dienone is 2. The van der Waals surface area contributed by atoms with E-state index in [0.717, 1.165) is 57.8 Å². The number of aliphatic hydroxyl groups is 1. The molecule has 4 fully saturated rings. The molecule has 1 amide bonds. The van der Waals surface area contributed by atoms with Gasteiger partial charge in [-0.05, 0) is 128 Å². The van der Waals surface area contributed by atoms with E-state index in [-0.39, 0.29) is 64.0 Å². The third-order valence-corrected chi connectivity index (χ3v) is 16.4. The molecule has 0 saturated heterocycles. The fourth-order valence-electron chi connectivity index (χ4n) is 12.5. The van der Waals surface area contributed by atoms with E-state index in [4.69, 9.17) is 15.2 Å². The minimum Gasteiger partial charge on any atom is -0.461 e. The highest BCUT2D eigenvalue weighted by atomic mass is 16.6. The SMILES string of the molecule is CC(COC(=O)[C@]12CC[C@@H](C)[C@H](C)[C@H]1C1=CC[C@@H]3[C@@]4(C)CC[C@H](O)C(C)(C)C4CC[C@@]3(C)[C@]1(C)CC2)OC(=O)[C@@H](NC(=O)[C@@H](N)C(C)C)C(C)C. The monoisotopic (exact) mass is 713 g/mol. The first-order valence-electron chi connectivity index (χ1n) is 20.4. The summed E-state index contributed by atoms with van der Waals surface area (Å²) in [6.45, 7) is 26.1. The molecule has 4 saturated carbocycles. The summed E-state index contributed by atoms with van der Waals surface area (Å²) in [5.41, 5.74) is 7.12. The lowest BCUT2D eigenvalue weighted by molar-refractivity contribution is -0.208. The van der Waals surface area contributed by atoms with E-state index in [0.29, 0.717) is 23.7 Å². The van der Waals surface area contributed by atoms with Gasteiger partial charge in [-0.25, -0.2) is 4.79 Å². The fraction of sp³-hybridized carbons (Fsp3) is 0.884. The van der Waals surface area contributed by atoms with Crippen molar-refractivity contribution in [3.63, 3.8) is 0 Å². The minimum atomic E-state index is -0.842. The van der Waals surface area contributed by atoms with Crippen molar-refractivity contribution in [2.75, 3.05) is 6.61 Å². The van der Waals surface area contributed by atoms with Crippen LogP contribution in [0, 0.1) is 68.5 Å². The van der Waals surface area contributed by atoms with Gasteiger partial charge in [0.2, 0.25) is 5.91 Å². The highest BCUT2D eigenvalue weighted by Gasteiger charge is 2.69. The van der Waals surface area contributed by atoms with Crippen LogP contribution in [0.4, 0.5) is 0 Å². The van der Waals surface area contributed by atoms with E-state index in [1.165, 1.54) is 5.57 Å². The molecule has 4 N–H and O–H groups in total. The molecule has 8 nitrogen and oxygen atoms in total. The number of rotatable bonds is 9. The number of nitrogens with two attached hydrogens (primary N) is 1. The Hall–Kier alpha value is -1.93. The maximum absolute atomic E-state index is 14.5. The highest BCUT2D eigenvalue weighted by Crippen LogP contribution is 2.75. The topological polar surface area (TPSA) is 128 Å². The molecule has 290 valence electrons. The molecule has 0 aliphatic heterocycles. The molecule has 5 aliphatic rings. The number of hydrogen-bond acceptors (Lipinski definition) is 7. The lowest BCUT2D eigenvalue weighted by Gasteiger charge is -2.71. The normalized spacial score (nSPS) is 41.8. The summed E-state index contributed by atoms with van der Waals surface area (Å²) in [6.07, 6.45) is 10.5. The first kappa shape index (κ1) is 40.3. The number of hydrogen-bond donors (Lipinski definition) is 3. The molecule has 13 atom stereocenters. The minimum absolute atomic E-state index is 0.0128. The zero-order chi connectivity index (χ0) is 38.1. The third-order valence-electron chi connectivity index (χ3n) is 16.4. The van der Waals surface area contributed by atoms with Gasteiger partial charge < -0.3 is 25.6 Å². The van der Waals surface area contributed by atoms with Gasteiger partial charge in [-0.1, -0.05) is 87.8 Å². The summed E-state index contributed by atoms with van der Waals surface area (Å²) < 4.78 is 11.9. The van der Waals surface area contributed by atoms with Crippen LogP contribution in [0.2, 0.25) is 0 Å². The van der Waals surface area contributed by atoms with Crippen molar-refractivity contribution in [2.45, 2.75) is 165 Å². The largest absolute Gasteiger partial charge is 0.461 e. The second-order valence-corrected chi connectivity index (χ2v) is 20.0. The highest BCUT2D eigenvalue weighted by molar-refractivity contribution is 5.87. The zero-order valence-electron chi connectivity index (χ0n) is 34.1. The molecule has 51 heavy (non-hydrogen) atoms. The van der Waals surface area contributed by atoms with E-state index in [1.54, 1.807) is 6.92 Å². The number of fused-ring (bicyclic) bond motifs is 7. The Kier molecular flexibility index (Phi) is 11.1. The molecule has 0 spiro atoms. The van der Waals surface area contributed by atoms with Crippen LogP contribution in [-0.4, -0.2) is 53.9 Å². The Morgan fingerprint density at radius 1 is 0.902 bits per heavy atom. The molecule has 0 radical (unpaired) electrons. The summed E-state index contributed by atoms with van der Waals surface area (Å²) in [5, 5.41) is 13.9. The smallest absolute Gasteiger partial charge is 0.329 e. The van der Waals surface area contributed by atoms with Crippen molar-refractivity contribution in [2.24, 2.45) is 74.2 Å². The Morgan fingerprint density at radius 3 is 2.20 bits per heavy atom. The van der Waals surface area contributed by atoms with Crippen LogP contribution in [-0.2, 0) is 23.9 Å². The quantitative estimate of drug-likeness (QED) is 0.166. The van der Waals surface area contributed by atoms with Gasteiger partial charge in [-0.2, -0.15) is 0 Å². The van der Waals surface area contributed by atoms with E-state index < -0.39 is 29.6 Å². The van der Waals surface area contributed by atoms with Gasteiger partial charge in [-0.3, -0.25) is 9.59 Å². The lowest BCUT2D eigenvalue weighted by Crippen LogP contribution is -2.65. The second-order valence-electron chi connectivity index (χ2n) is 20.0. The first-order chi connectivity index (χ1) is 23.6. The van der Waals surface area contributed by atoms with E-state index in [9.17, 15) is 19.5 Å². The van der Waals surface area contributed by atoms with Crippen molar-refractivity contribution in [3.8, 4) is 0 Å². The zero-order valence-corrected chi connectivity index (χ0v) is 34.1. The average molecular weight is 713 g/mol. The summed E-state index contributed by atoms with van der Waals surface area (Å²) in [4.78, 5) is 40.4. The Balaban J connectivity index is 1.35. The number of aliphatic hydroxyl groups excluding tert-OH is 1. The number of carbonyl (C=O) groups excluding carboxylic acids is 3. The molecular weight excluding hydrogens is 640 g/mol. The fourth-order valence-corrected chi connectivity index (χ4v) is 12.5. The molecule has 8 heteroatoms. The van der Waals surface area contributed by atoms with Crippen molar-refractivity contribution in [1.29, 1.82) is 0 Å². The summed E-state index contributed by atoms with van der Waals surface area (Å²) in [6, 6.07) is -1.56. The van der Waals surface area contributed by atoms with Crippen molar-refractivity contribution in [3.05, 3.63) is 11.6 Å². The predicted molar refractivity (Wildman–Crippen MR) is 201 cm³/mol. The number of nitrogens with one attached hydrogen (secondary N) is 1. The molecule has 0 aromatic heterocycles. The van der Waals surface area contributed by atoms with Crippen LogP contribution in [0.1, 0.15) is 141 Å². The molecule has 0 bridgehead atoms. The van der Waals surface area contributed by atoms with Gasteiger partial charge in [0, 0.05) is 0 Å². The Labute approximate surface area is 309 Å². The number of ether oxygens (including phenoxy) is 2. The standard InChI is InChI=1S/C43H72N2O6/c1-24(2)34(44)36(47)45-35(25(3)4)37(48)51-27(6)23-50-38(49)43-20-15-26(5)28(7)33(43)29-13-14-31-40(10)18-17-32(46)39(8,9)30(40)16-19-42(31,12)41(29,11)21-22-43/h13,24-28,30-35,46H,14-23,44H2,1-12H3,(H,45,47)/t26-,27?,28+,30?,31-,32+,33+,34+,35+,40+,41-,42-,43+/m1/s1. The summed E-state index contributed by atoms with van der Waals surface area (Å²) >= 11 is 0. The maximum Gasteiger partial charge on any atom is 0.329 e. The maximum atomic E-state index is 14.5. The average Bonchev–Trinajstić information content (AvgIpc) is 3.05. The van der Waals surface area contributed by atoms with E-state index in [2.05, 4.69) is 59.9 Å². The van der Waals surface area contributed by atoms with Crippen LogP contribution < -0.4 is 11.1 Å². The Bertz CT molecular complexity index is 1370. The lowest BCUT2D eigenvalue weighted by atomic mass is 9.33. The van der Waals surface area contributed by atoms with Gasteiger partial charge in [0.1, 0.15) is 18.8 Å². The number of esters is 2. The van der Waals surface area contributed by atoms with Crippen molar-refractivity contribution >= 4 is 17.8 Å². The first-order valence-corrected chi connectivity index (χ1v) is 20.4. The molecule has 2 unspecified atom stereocenters. The van der Waals surface area contributed by atoms with Gasteiger partial charge in [-0.15, -0.1) is 0 Å². The van der Waals surface area contributed by atoms with Crippen LogP contribution in [0.5, 0.6) is 0 Å². The second kappa shape index (κ2) is 14.0. The summed E-state index contributed by atoms with van der Waals surface area (Å²) in [7, 11) is 0. The molecular formula is C43H72N2O6. The van der Waals surface area contributed by atoms with Crippen molar-refractivity contribution in [1.82, 2.24) is 5.32 Å². The van der Waals surface area contributed by atoms with Crippen LogP contribution in [0.15, 0.2) is 11.6 Å². The molecule has 0 heterocycles. The van der Waals surface area contributed by atoms with Crippen molar-refractivity contribution < 1.29 is 29.0 Å². The molecule has 5 rings (SSSR count). The van der Waals surface area contributed by atoms with Crippen LogP contribution >= 0.6 is 0 Å². The van der Waals surface area contributed by atoms with E-state index in [1.807, 2.05) is 27.7 Å². The van der Waals surface area contributed by atoms with Gasteiger partial charge in [0.25, 0.3) is 0 Å². The van der Waals surface area contributed by atoms with Gasteiger partial charge in [0.05, 0.1) is 17.6 Å². The number of amides is 1. The Morgan fingerprint density at radius 2 is 1.57 bits per heavy atom. The molecule has 0 aromatic rings.